The predicted octanol–water partition coefficient (Wildman–Crippen LogP) is 4.84. The molecule has 2 aromatic carbocycles. The molecule has 2 N–H and O–H groups in total. The topological polar surface area (TPSA) is 40.5 Å². The minimum atomic E-state index is -0.151. The van der Waals surface area contributed by atoms with E-state index in [1.165, 1.54) is 6.42 Å². The minimum absolute atomic E-state index is 0.151. The van der Waals surface area contributed by atoms with Gasteiger partial charge in [-0.2, -0.15) is 0 Å². The van der Waals surface area contributed by atoms with Gasteiger partial charge < -0.3 is 10.2 Å². The lowest BCUT2D eigenvalue weighted by molar-refractivity contribution is 0.474. The molecule has 2 nitrogen and oxygen atoms in total. The molecule has 0 aliphatic carbocycles. The van der Waals surface area contributed by atoms with Gasteiger partial charge in [-0.3, -0.25) is 0 Å². The maximum atomic E-state index is 9.30. The summed E-state index contributed by atoms with van der Waals surface area (Å²) in [4.78, 5) is 0. The van der Waals surface area contributed by atoms with E-state index in [1.54, 1.807) is 24.3 Å². The summed E-state index contributed by atoms with van der Waals surface area (Å²) in [7, 11) is 0. The fourth-order valence-electron chi connectivity index (χ4n) is 1.92. The van der Waals surface area contributed by atoms with Crippen molar-refractivity contribution >= 4 is 0 Å². The Bertz CT molecular complexity index is 463. The van der Waals surface area contributed by atoms with Crippen LogP contribution in [0.5, 0.6) is 11.5 Å². The van der Waals surface area contributed by atoms with Crippen molar-refractivity contribution in [2.45, 2.75) is 39.5 Å². The van der Waals surface area contributed by atoms with Crippen molar-refractivity contribution in [1.82, 2.24) is 0 Å². The Kier molecular flexibility index (Phi) is 5.63. The van der Waals surface area contributed by atoms with Crippen LogP contribution in [0.15, 0.2) is 48.5 Å². The Labute approximate surface area is 121 Å². The molecule has 0 radical (unpaired) electrons. The first-order valence-electron chi connectivity index (χ1n) is 7.00. The molecule has 0 spiro atoms. The molecule has 0 unspecified atom stereocenters. The zero-order chi connectivity index (χ0) is 15.2. The van der Waals surface area contributed by atoms with Crippen molar-refractivity contribution in [2.24, 2.45) is 0 Å². The van der Waals surface area contributed by atoms with Crippen molar-refractivity contribution < 1.29 is 10.2 Å². The molecule has 0 bridgehead atoms. The molecule has 0 saturated carbocycles. The van der Waals surface area contributed by atoms with E-state index in [9.17, 15) is 10.2 Å². The number of aromatic hydroxyl groups is 2. The normalized spacial score (nSPS) is 10.6. The van der Waals surface area contributed by atoms with Crippen LogP contribution in [-0.2, 0) is 5.41 Å². The van der Waals surface area contributed by atoms with Crippen LogP contribution in [0.3, 0.4) is 0 Å². The van der Waals surface area contributed by atoms with Crippen molar-refractivity contribution in [1.29, 1.82) is 0 Å². The average Bonchev–Trinajstić information content (AvgIpc) is 2.40. The van der Waals surface area contributed by atoms with E-state index in [1.807, 2.05) is 24.3 Å². The van der Waals surface area contributed by atoms with E-state index in [2.05, 4.69) is 27.7 Å². The Balaban J connectivity index is 0.000000612. The third-order valence-electron chi connectivity index (χ3n) is 3.18. The molecule has 0 saturated heterocycles. The van der Waals surface area contributed by atoms with Gasteiger partial charge in [0.2, 0.25) is 0 Å². The molecule has 2 rings (SSSR count). The minimum Gasteiger partial charge on any atom is -0.508 e. The van der Waals surface area contributed by atoms with Crippen molar-refractivity contribution in [2.75, 3.05) is 0 Å². The van der Waals surface area contributed by atoms with Gasteiger partial charge in [0.15, 0.2) is 0 Å². The van der Waals surface area contributed by atoms with E-state index in [-0.39, 0.29) is 16.9 Å². The lowest BCUT2D eigenvalue weighted by Crippen LogP contribution is -2.18. The number of phenols is 2. The summed E-state index contributed by atoms with van der Waals surface area (Å²) < 4.78 is 0. The van der Waals surface area contributed by atoms with Crippen LogP contribution in [0.1, 0.15) is 45.2 Å². The predicted molar refractivity (Wildman–Crippen MR) is 84.3 cm³/mol. The van der Waals surface area contributed by atoms with E-state index in [0.717, 1.165) is 11.1 Å². The zero-order valence-corrected chi connectivity index (χ0v) is 12.7. The van der Waals surface area contributed by atoms with Crippen LogP contribution in [0, 0.1) is 0 Å². The molecule has 2 heteroatoms. The van der Waals surface area contributed by atoms with Gasteiger partial charge in [-0.25, -0.2) is 0 Å². The van der Waals surface area contributed by atoms with Gasteiger partial charge in [-0.05, 0) is 35.4 Å². The van der Waals surface area contributed by atoms with Gasteiger partial charge in [-0.1, -0.05) is 58.4 Å². The van der Waals surface area contributed by atoms with Crippen LogP contribution in [0.25, 0.3) is 0 Å². The monoisotopic (exact) mass is 272 g/mol. The summed E-state index contributed by atoms with van der Waals surface area (Å²) in [5, 5.41) is 18.6. The average molecular weight is 272 g/mol. The summed E-state index contributed by atoms with van der Waals surface area (Å²) in [5.74, 6) is 0.547. The van der Waals surface area contributed by atoms with Crippen molar-refractivity contribution in [3.8, 4) is 11.5 Å². The maximum absolute atomic E-state index is 9.30. The van der Waals surface area contributed by atoms with E-state index >= 15 is 0 Å². The number of hydrogen-bond acceptors (Lipinski definition) is 2. The molecule has 0 amide bonds. The Morgan fingerprint density at radius 2 is 0.950 bits per heavy atom. The van der Waals surface area contributed by atoms with E-state index < -0.39 is 0 Å². The molecule has 20 heavy (non-hydrogen) atoms. The van der Waals surface area contributed by atoms with Crippen LogP contribution in [0.4, 0.5) is 0 Å². The maximum Gasteiger partial charge on any atom is 0.115 e. The first kappa shape index (κ1) is 16.1. The molecule has 0 aliphatic heterocycles. The van der Waals surface area contributed by atoms with Gasteiger partial charge in [-0.15, -0.1) is 0 Å². The van der Waals surface area contributed by atoms with E-state index in [4.69, 9.17) is 0 Å². The molecule has 0 atom stereocenters. The van der Waals surface area contributed by atoms with Gasteiger partial charge in [0.05, 0.1) is 0 Å². The van der Waals surface area contributed by atoms with Gasteiger partial charge in [0, 0.05) is 5.41 Å². The Morgan fingerprint density at radius 3 is 1.20 bits per heavy atom. The second kappa shape index (κ2) is 6.99. The van der Waals surface area contributed by atoms with Gasteiger partial charge in [0.1, 0.15) is 11.5 Å². The lowest BCUT2D eigenvalue weighted by Gasteiger charge is -2.26. The quantitative estimate of drug-likeness (QED) is 0.821. The molecule has 0 aromatic heterocycles. The number of phenolic OH excluding ortho intramolecular Hbond substituents is 2. The van der Waals surface area contributed by atoms with Crippen LogP contribution >= 0.6 is 0 Å². The highest BCUT2D eigenvalue weighted by atomic mass is 16.3. The van der Waals surface area contributed by atoms with Gasteiger partial charge in [0.25, 0.3) is 0 Å². The zero-order valence-electron chi connectivity index (χ0n) is 12.7. The molecule has 108 valence electrons. The first-order chi connectivity index (χ1) is 9.41. The molecule has 0 heterocycles. The summed E-state index contributed by atoms with van der Waals surface area (Å²) in [5.41, 5.74) is 2.10. The summed E-state index contributed by atoms with van der Waals surface area (Å²) in [6.07, 6.45) is 1.25. The van der Waals surface area contributed by atoms with Crippen LogP contribution < -0.4 is 0 Å². The highest BCUT2D eigenvalue weighted by Gasteiger charge is 2.22. The SMILES string of the molecule is CC(C)(c1ccc(O)cc1)c1ccc(O)cc1.CCC. The van der Waals surface area contributed by atoms with Crippen molar-refractivity contribution in [3.05, 3.63) is 59.7 Å². The fraction of sp³-hybridized carbons (Fsp3) is 0.333. The van der Waals surface area contributed by atoms with Crippen LogP contribution in [-0.4, -0.2) is 10.2 Å². The Morgan fingerprint density at radius 1 is 0.700 bits per heavy atom. The Hall–Kier alpha value is -1.96. The largest absolute Gasteiger partial charge is 0.508 e. The third-order valence-corrected chi connectivity index (χ3v) is 3.18. The number of rotatable bonds is 2. The van der Waals surface area contributed by atoms with Crippen molar-refractivity contribution in [3.63, 3.8) is 0 Å². The highest BCUT2D eigenvalue weighted by Crippen LogP contribution is 2.32. The third kappa shape index (κ3) is 4.02. The molecule has 2 aromatic rings. The summed E-state index contributed by atoms with van der Waals surface area (Å²) >= 11 is 0. The van der Waals surface area contributed by atoms with E-state index in [0.29, 0.717) is 0 Å². The summed E-state index contributed by atoms with van der Waals surface area (Å²) in [6, 6.07) is 14.4. The molecule has 0 fully saturated rings. The second-order valence-corrected chi connectivity index (χ2v) is 5.43. The standard InChI is InChI=1S/C15H16O2.C3H8/c1-15(2,11-3-7-13(16)8-4-11)12-5-9-14(17)10-6-12;1-3-2/h3-10,16-17H,1-2H3;3H2,1-2H3. The van der Waals surface area contributed by atoms with Crippen LogP contribution in [0.2, 0.25) is 0 Å². The smallest absolute Gasteiger partial charge is 0.115 e. The highest BCUT2D eigenvalue weighted by molar-refractivity contribution is 5.41. The number of benzene rings is 2. The molecular weight excluding hydrogens is 248 g/mol. The lowest BCUT2D eigenvalue weighted by atomic mass is 9.78. The molecule has 0 aliphatic rings. The molecular formula is C18H24O2. The van der Waals surface area contributed by atoms with Gasteiger partial charge >= 0.3 is 0 Å². The first-order valence-corrected chi connectivity index (χ1v) is 7.00. The second-order valence-electron chi connectivity index (χ2n) is 5.43. The summed E-state index contributed by atoms with van der Waals surface area (Å²) in [6.45, 7) is 8.48. The number of hydrogen-bond donors (Lipinski definition) is 2. The fourth-order valence-corrected chi connectivity index (χ4v) is 1.92.